The number of rotatable bonds is 1. The Balaban J connectivity index is 2.03. The average Bonchev–Trinajstić information content (AvgIpc) is 3.29. The maximum atomic E-state index is 14.1. The van der Waals surface area contributed by atoms with Crippen molar-refractivity contribution >= 4 is 22.2 Å². The standard InChI is InChI=1S/C20H16F6N4S/c21-19(22,23)18(20(24,25)26)12-5-3-6-14(12)30(16(29)13(18)9-28)17-11(8-27)10-4-1-2-7-15(10)31-17/h13,29H,1-7H2. The molecule has 31 heavy (non-hydrogen) atoms. The maximum Gasteiger partial charge on any atom is 0.408 e. The molecule has 164 valence electrons. The summed E-state index contributed by atoms with van der Waals surface area (Å²) in [6.45, 7) is 0. The van der Waals surface area contributed by atoms with Crippen LogP contribution in [-0.2, 0) is 12.8 Å². The third-order valence-electron chi connectivity index (χ3n) is 6.37. The van der Waals surface area contributed by atoms with Crippen LogP contribution >= 0.6 is 11.3 Å². The average molecular weight is 458 g/mol. The molecule has 0 saturated heterocycles. The molecule has 0 fully saturated rings. The predicted octanol–water partition coefficient (Wildman–Crippen LogP) is 5.98. The van der Waals surface area contributed by atoms with Crippen molar-refractivity contribution in [1.82, 2.24) is 0 Å². The van der Waals surface area contributed by atoms with E-state index in [1.807, 2.05) is 6.07 Å². The van der Waals surface area contributed by atoms with Gasteiger partial charge in [-0.2, -0.15) is 36.9 Å². The molecule has 2 heterocycles. The first kappa shape index (κ1) is 21.7. The zero-order chi connectivity index (χ0) is 22.8. The Hall–Kier alpha value is -2.53. The number of amidine groups is 1. The van der Waals surface area contributed by atoms with Crippen LogP contribution in [0.3, 0.4) is 0 Å². The summed E-state index contributed by atoms with van der Waals surface area (Å²) in [5.74, 6) is -3.87. The van der Waals surface area contributed by atoms with Gasteiger partial charge in [0.1, 0.15) is 22.8 Å². The van der Waals surface area contributed by atoms with E-state index in [-0.39, 0.29) is 29.1 Å². The number of thiophene rings is 1. The highest BCUT2D eigenvalue weighted by atomic mass is 32.1. The molecular formula is C20H16F6N4S. The zero-order valence-electron chi connectivity index (χ0n) is 16.0. The number of anilines is 1. The number of nitrogens with zero attached hydrogens (tertiary/aromatic N) is 3. The van der Waals surface area contributed by atoms with Gasteiger partial charge in [-0.1, -0.05) is 0 Å². The van der Waals surface area contributed by atoms with Crippen LogP contribution in [0.5, 0.6) is 0 Å². The van der Waals surface area contributed by atoms with Crippen molar-refractivity contribution in [3.8, 4) is 12.1 Å². The largest absolute Gasteiger partial charge is 0.408 e. The van der Waals surface area contributed by atoms with Crippen LogP contribution in [0.1, 0.15) is 48.1 Å². The van der Waals surface area contributed by atoms with E-state index < -0.39 is 41.5 Å². The summed E-state index contributed by atoms with van der Waals surface area (Å²) in [5.41, 5.74) is -4.63. The maximum absolute atomic E-state index is 14.1. The summed E-state index contributed by atoms with van der Waals surface area (Å²) in [7, 11) is 0. The first-order valence-corrected chi connectivity index (χ1v) is 10.5. The monoisotopic (exact) mass is 458 g/mol. The lowest BCUT2D eigenvalue weighted by atomic mass is 9.65. The van der Waals surface area contributed by atoms with Crippen molar-refractivity contribution in [2.45, 2.75) is 57.3 Å². The predicted molar refractivity (Wildman–Crippen MR) is 100 cm³/mol. The molecule has 1 unspecified atom stereocenters. The summed E-state index contributed by atoms with van der Waals surface area (Å²) in [6, 6.07) is 3.19. The number of alkyl halides is 6. The van der Waals surface area contributed by atoms with Crippen molar-refractivity contribution in [2.75, 3.05) is 4.90 Å². The second kappa shape index (κ2) is 6.99. The Morgan fingerprint density at radius 1 is 0.968 bits per heavy atom. The molecule has 3 aliphatic rings. The van der Waals surface area contributed by atoms with Gasteiger partial charge in [0, 0.05) is 10.6 Å². The second-order valence-electron chi connectivity index (χ2n) is 7.87. The Labute approximate surface area is 177 Å². The lowest BCUT2D eigenvalue weighted by Gasteiger charge is -2.47. The van der Waals surface area contributed by atoms with Crippen molar-refractivity contribution in [1.29, 1.82) is 15.9 Å². The zero-order valence-corrected chi connectivity index (χ0v) is 16.9. The van der Waals surface area contributed by atoms with E-state index in [4.69, 9.17) is 5.41 Å². The van der Waals surface area contributed by atoms with Gasteiger partial charge in [0.25, 0.3) is 0 Å². The van der Waals surface area contributed by atoms with Crippen LogP contribution in [0.25, 0.3) is 0 Å². The Kier molecular flexibility index (Phi) is 4.89. The van der Waals surface area contributed by atoms with Crippen molar-refractivity contribution in [3.05, 3.63) is 27.3 Å². The molecular weight excluding hydrogens is 442 g/mol. The van der Waals surface area contributed by atoms with Crippen LogP contribution in [0, 0.1) is 39.4 Å². The molecule has 1 aromatic heterocycles. The van der Waals surface area contributed by atoms with E-state index in [0.717, 1.165) is 45.6 Å². The number of allylic oxidation sites excluding steroid dienone is 2. The number of fused-ring (bicyclic) bond motifs is 1. The summed E-state index contributed by atoms with van der Waals surface area (Å²) in [4.78, 5) is 1.90. The Morgan fingerprint density at radius 2 is 1.61 bits per heavy atom. The Morgan fingerprint density at radius 3 is 2.19 bits per heavy atom. The van der Waals surface area contributed by atoms with E-state index in [0.29, 0.717) is 12.8 Å². The van der Waals surface area contributed by atoms with Gasteiger partial charge < -0.3 is 0 Å². The van der Waals surface area contributed by atoms with E-state index in [1.54, 1.807) is 0 Å². The summed E-state index contributed by atoms with van der Waals surface area (Å²) >= 11 is 1.13. The van der Waals surface area contributed by atoms with Crippen LogP contribution in [0.2, 0.25) is 0 Å². The van der Waals surface area contributed by atoms with E-state index in [9.17, 15) is 36.9 Å². The van der Waals surface area contributed by atoms with Crippen LogP contribution in [0.15, 0.2) is 11.3 Å². The first-order valence-electron chi connectivity index (χ1n) is 9.69. The molecule has 2 aliphatic carbocycles. The minimum absolute atomic E-state index is 0.0491. The first-order chi connectivity index (χ1) is 14.5. The van der Waals surface area contributed by atoms with Gasteiger partial charge in [0.2, 0.25) is 5.41 Å². The molecule has 1 N–H and O–H groups in total. The highest BCUT2D eigenvalue weighted by molar-refractivity contribution is 7.16. The number of hydrogen-bond acceptors (Lipinski definition) is 4. The minimum atomic E-state index is -5.80. The SMILES string of the molecule is N#Cc1c(N2C(=N)C(C#N)C(C(F)(F)F)(C(F)(F)F)C3=C2CCC3)sc2c1CCCC2. The molecule has 0 radical (unpaired) electrons. The van der Waals surface area contributed by atoms with Gasteiger partial charge in [-0.05, 0) is 56.1 Å². The van der Waals surface area contributed by atoms with E-state index in [2.05, 4.69) is 0 Å². The minimum Gasteiger partial charge on any atom is -0.292 e. The number of aryl methyl sites for hydroxylation is 1. The van der Waals surface area contributed by atoms with Gasteiger partial charge in [0.15, 0.2) is 0 Å². The van der Waals surface area contributed by atoms with E-state index >= 15 is 0 Å². The van der Waals surface area contributed by atoms with E-state index in [1.165, 1.54) is 0 Å². The van der Waals surface area contributed by atoms with Gasteiger partial charge >= 0.3 is 12.4 Å². The summed E-state index contributed by atoms with van der Waals surface area (Å²) < 4.78 is 84.8. The normalized spacial score (nSPS) is 23.3. The smallest absolute Gasteiger partial charge is 0.292 e. The highest BCUT2D eigenvalue weighted by Gasteiger charge is 2.79. The molecule has 1 aliphatic heterocycles. The third-order valence-corrected chi connectivity index (χ3v) is 7.65. The molecule has 0 spiro atoms. The molecule has 4 nitrogen and oxygen atoms in total. The molecule has 1 aromatic rings. The number of halogens is 6. The van der Waals surface area contributed by atoms with Crippen molar-refractivity contribution < 1.29 is 26.3 Å². The fraction of sp³-hybridized carbons (Fsp3) is 0.550. The molecule has 0 saturated carbocycles. The quantitative estimate of drug-likeness (QED) is 0.526. The molecule has 0 bridgehead atoms. The van der Waals surface area contributed by atoms with Gasteiger partial charge in [0.05, 0.1) is 11.6 Å². The number of nitriles is 2. The topological polar surface area (TPSA) is 74.7 Å². The van der Waals surface area contributed by atoms with Crippen molar-refractivity contribution in [3.63, 3.8) is 0 Å². The fourth-order valence-electron chi connectivity index (χ4n) is 5.10. The number of nitrogens with one attached hydrogen (secondary N) is 1. The fourth-order valence-corrected chi connectivity index (χ4v) is 6.48. The summed E-state index contributed by atoms with van der Waals surface area (Å²) in [5, 5.41) is 27.7. The van der Waals surface area contributed by atoms with Crippen molar-refractivity contribution in [2.24, 2.45) is 11.3 Å². The molecule has 4 rings (SSSR count). The number of hydrogen-bond donors (Lipinski definition) is 1. The van der Waals surface area contributed by atoms with Gasteiger partial charge in [-0.25, -0.2) is 0 Å². The Bertz CT molecular complexity index is 1050. The van der Waals surface area contributed by atoms with Crippen LogP contribution < -0.4 is 4.90 Å². The van der Waals surface area contributed by atoms with Crippen LogP contribution in [-0.4, -0.2) is 18.2 Å². The molecule has 1 atom stereocenters. The second-order valence-corrected chi connectivity index (χ2v) is 8.95. The van der Waals surface area contributed by atoms with Gasteiger partial charge in [-0.15, -0.1) is 11.3 Å². The molecule has 0 amide bonds. The molecule has 0 aromatic carbocycles. The highest BCUT2D eigenvalue weighted by Crippen LogP contribution is 2.65. The lowest BCUT2D eigenvalue weighted by Crippen LogP contribution is -2.62. The third kappa shape index (κ3) is 2.75. The molecule has 11 heteroatoms. The summed E-state index contributed by atoms with van der Waals surface area (Å²) in [6.07, 6.45) is -9.15. The van der Waals surface area contributed by atoms with Crippen LogP contribution in [0.4, 0.5) is 31.3 Å². The van der Waals surface area contributed by atoms with Gasteiger partial charge in [-0.3, -0.25) is 10.3 Å². The lowest BCUT2D eigenvalue weighted by molar-refractivity contribution is -0.332.